The molecule has 10 heteroatoms. The van der Waals surface area contributed by atoms with Gasteiger partial charge in [-0.3, -0.25) is 20.2 Å². The molecule has 0 aliphatic rings. The predicted molar refractivity (Wildman–Crippen MR) is 86.9 cm³/mol. The van der Waals surface area contributed by atoms with Crippen LogP contribution in [0.1, 0.15) is 15.9 Å². The van der Waals surface area contributed by atoms with E-state index in [2.05, 4.69) is 25.9 Å². The lowest BCUT2D eigenvalue weighted by molar-refractivity contribution is -0.394. The maximum absolute atomic E-state index is 11.8. The number of non-ortho nitro benzene ring substituents is 2. The van der Waals surface area contributed by atoms with E-state index in [0.717, 1.165) is 22.7 Å². The first-order valence-electron chi connectivity index (χ1n) is 6.31. The zero-order valence-corrected chi connectivity index (χ0v) is 13.4. The summed E-state index contributed by atoms with van der Waals surface area (Å²) in [6, 6.07) is 9.44. The first kappa shape index (κ1) is 17.2. The summed E-state index contributed by atoms with van der Waals surface area (Å²) in [6.07, 6.45) is 1.26. The van der Waals surface area contributed by atoms with Crippen molar-refractivity contribution in [2.45, 2.75) is 0 Å². The van der Waals surface area contributed by atoms with Crippen LogP contribution in [0.15, 0.2) is 52.1 Å². The van der Waals surface area contributed by atoms with Gasteiger partial charge in [-0.25, -0.2) is 4.79 Å². The van der Waals surface area contributed by atoms with Crippen molar-refractivity contribution in [1.29, 1.82) is 0 Å². The largest absolute Gasteiger partial charge is 0.366 e. The fraction of sp³-hybridized carbons (Fsp3) is 0. The molecule has 0 amide bonds. The molecule has 0 spiro atoms. The molecule has 9 nitrogen and oxygen atoms in total. The zero-order valence-electron chi connectivity index (χ0n) is 11.8. The Bertz CT molecular complexity index is 803. The Labute approximate surface area is 143 Å². The highest BCUT2D eigenvalue weighted by Gasteiger charge is 2.20. The maximum atomic E-state index is 11.8. The number of carbonyl (C=O) groups excluding carboxylic acids is 1. The van der Waals surface area contributed by atoms with Gasteiger partial charge in [0.25, 0.3) is 11.4 Å². The van der Waals surface area contributed by atoms with Crippen molar-refractivity contribution in [2.24, 2.45) is 5.16 Å². The Morgan fingerprint density at radius 1 is 1.04 bits per heavy atom. The summed E-state index contributed by atoms with van der Waals surface area (Å²) < 4.78 is 0.862. The van der Waals surface area contributed by atoms with Crippen molar-refractivity contribution in [3.05, 3.63) is 78.3 Å². The molecule has 2 aromatic carbocycles. The molecular weight excluding hydrogens is 386 g/mol. The normalized spacial score (nSPS) is 10.5. The molecule has 0 unspecified atom stereocenters. The lowest BCUT2D eigenvalue weighted by Crippen LogP contribution is -2.04. The summed E-state index contributed by atoms with van der Waals surface area (Å²) in [6.45, 7) is 0. The Balaban J connectivity index is 2.18. The van der Waals surface area contributed by atoms with Crippen molar-refractivity contribution in [3.63, 3.8) is 0 Å². The fourth-order valence-electron chi connectivity index (χ4n) is 1.66. The van der Waals surface area contributed by atoms with Gasteiger partial charge in [-0.05, 0) is 17.7 Å². The molecule has 0 bridgehead atoms. The number of nitrogens with zero attached hydrogens (tertiary/aromatic N) is 3. The van der Waals surface area contributed by atoms with Crippen LogP contribution in [-0.2, 0) is 4.84 Å². The minimum atomic E-state index is -1.05. The standard InChI is InChI=1S/C14H8BrN3O6/c15-11-3-1-9(2-4-11)8-16-24-14(19)10-5-12(17(20)21)7-13(6-10)18(22)23/h1-8H/b16-8-. The van der Waals surface area contributed by atoms with Crippen LogP contribution in [0.25, 0.3) is 0 Å². The van der Waals surface area contributed by atoms with E-state index in [-0.39, 0.29) is 5.56 Å². The highest BCUT2D eigenvalue weighted by Crippen LogP contribution is 2.23. The molecule has 0 saturated carbocycles. The summed E-state index contributed by atoms with van der Waals surface area (Å²) in [5, 5.41) is 25.0. The molecule has 0 aromatic heterocycles. The van der Waals surface area contributed by atoms with E-state index in [1.165, 1.54) is 6.21 Å². The summed E-state index contributed by atoms with van der Waals surface area (Å²) >= 11 is 3.26. The fourth-order valence-corrected chi connectivity index (χ4v) is 1.92. The van der Waals surface area contributed by atoms with Gasteiger partial charge in [0.05, 0.1) is 27.7 Å². The van der Waals surface area contributed by atoms with Crippen molar-refractivity contribution in [3.8, 4) is 0 Å². The molecule has 0 heterocycles. The van der Waals surface area contributed by atoms with Crippen molar-refractivity contribution >= 4 is 39.5 Å². The topological polar surface area (TPSA) is 125 Å². The van der Waals surface area contributed by atoms with E-state index in [1.54, 1.807) is 24.3 Å². The van der Waals surface area contributed by atoms with Crippen LogP contribution < -0.4 is 0 Å². The van der Waals surface area contributed by atoms with E-state index in [4.69, 9.17) is 0 Å². The van der Waals surface area contributed by atoms with Gasteiger partial charge in [0, 0.05) is 16.6 Å². The van der Waals surface area contributed by atoms with Gasteiger partial charge in [-0.2, -0.15) is 0 Å². The first-order valence-corrected chi connectivity index (χ1v) is 7.10. The maximum Gasteiger partial charge on any atom is 0.366 e. The molecule has 0 saturated heterocycles. The number of halogens is 1. The monoisotopic (exact) mass is 393 g/mol. The van der Waals surface area contributed by atoms with Gasteiger partial charge in [-0.15, -0.1) is 0 Å². The van der Waals surface area contributed by atoms with Crippen LogP contribution >= 0.6 is 15.9 Å². The number of benzene rings is 2. The van der Waals surface area contributed by atoms with Gasteiger partial charge >= 0.3 is 5.97 Å². The average molecular weight is 394 g/mol. The summed E-state index contributed by atoms with van der Waals surface area (Å²) in [4.78, 5) is 36.3. The lowest BCUT2D eigenvalue weighted by Gasteiger charge is -1.99. The third-order valence-electron chi connectivity index (χ3n) is 2.77. The average Bonchev–Trinajstić information content (AvgIpc) is 2.56. The Kier molecular flexibility index (Phi) is 5.32. The molecule has 0 radical (unpaired) electrons. The zero-order chi connectivity index (χ0) is 17.7. The molecule has 24 heavy (non-hydrogen) atoms. The highest BCUT2D eigenvalue weighted by atomic mass is 79.9. The van der Waals surface area contributed by atoms with Gasteiger partial charge in [0.15, 0.2) is 0 Å². The molecule has 0 fully saturated rings. The number of rotatable bonds is 5. The van der Waals surface area contributed by atoms with Crippen LogP contribution in [0.3, 0.4) is 0 Å². The molecule has 2 rings (SSSR count). The Morgan fingerprint density at radius 2 is 1.58 bits per heavy atom. The Morgan fingerprint density at radius 3 is 2.08 bits per heavy atom. The van der Waals surface area contributed by atoms with E-state index in [9.17, 15) is 25.0 Å². The van der Waals surface area contributed by atoms with Gasteiger partial charge in [-0.1, -0.05) is 33.2 Å². The number of hydrogen-bond donors (Lipinski definition) is 0. The third kappa shape index (κ3) is 4.43. The summed E-state index contributed by atoms with van der Waals surface area (Å²) in [7, 11) is 0. The second-order valence-electron chi connectivity index (χ2n) is 4.42. The van der Waals surface area contributed by atoms with Crippen LogP contribution in [0, 0.1) is 20.2 Å². The molecule has 0 aliphatic heterocycles. The van der Waals surface area contributed by atoms with E-state index in [0.29, 0.717) is 5.56 Å². The molecule has 0 atom stereocenters. The van der Waals surface area contributed by atoms with Crippen LogP contribution in [0.4, 0.5) is 11.4 Å². The SMILES string of the molecule is O=C(O/N=C\c1ccc(Br)cc1)c1cc([N+](=O)[O-])cc([N+](=O)[O-])c1. The predicted octanol–water partition coefficient (Wildman–Crippen LogP) is 3.46. The van der Waals surface area contributed by atoms with Crippen LogP contribution in [0.2, 0.25) is 0 Å². The Hall–Kier alpha value is -3.14. The quantitative estimate of drug-likeness (QED) is 0.331. The second kappa shape index (κ2) is 7.42. The summed E-state index contributed by atoms with van der Waals surface area (Å²) in [5.41, 5.74) is -0.874. The van der Waals surface area contributed by atoms with Gasteiger partial charge in [0.1, 0.15) is 0 Å². The lowest BCUT2D eigenvalue weighted by atomic mass is 10.2. The highest BCUT2D eigenvalue weighted by molar-refractivity contribution is 9.10. The van der Waals surface area contributed by atoms with Crippen molar-refractivity contribution in [2.75, 3.05) is 0 Å². The molecular formula is C14H8BrN3O6. The second-order valence-corrected chi connectivity index (χ2v) is 5.33. The number of carbonyl (C=O) groups is 1. The molecule has 0 N–H and O–H groups in total. The van der Waals surface area contributed by atoms with Gasteiger partial charge < -0.3 is 4.84 Å². The molecule has 2 aromatic rings. The summed E-state index contributed by atoms with van der Waals surface area (Å²) in [5.74, 6) is -1.05. The van der Waals surface area contributed by atoms with Crippen molar-refractivity contribution < 1.29 is 19.5 Å². The first-order chi connectivity index (χ1) is 11.4. The number of hydrogen-bond acceptors (Lipinski definition) is 7. The van der Waals surface area contributed by atoms with E-state index < -0.39 is 27.2 Å². The number of nitro benzene ring substituents is 2. The number of nitro groups is 2. The smallest absolute Gasteiger partial charge is 0.313 e. The molecule has 122 valence electrons. The minimum Gasteiger partial charge on any atom is -0.313 e. The van der Waals surface area contributed by atoms with Crippen LogP contribution in [-0.4, -0.2) is 22.0 Å². The van der Waals surface area contributed by atoms with Crippen LogP contribution in [0.5, 0.6) is 0 Å². The third-order valence-corrected chi connectivity index (χ3v) is 3.30. The number of oxime groups is 1. The minimum absolute atomic E-state index is 0.344. The van der Waals surface area contributed by atoms with Gasteiger partial charge in [0.2, 0.25) is 0 Å². The van der Waals surface area contributed by atoms with Crippen molar-refractivity contribution in [1.82, 2.24) is 0 Å². The van der Waals surface area contributed by atoms with E-state index >= 15 is 0 Å². The molecule has 0 aliphatic carbocycles. The van der Waals surface area contributed by atoms with E-state index in [1.807, 2.05) is 0 Å².